The molecule has 2 heterocycles. The summed E-state index contributed by atoms with van der Waals surface area (Å²) < 4.78 is 1.81. The van der Waals surface area contributed by atoms with Gasteiger partial charge in [-0.3, -0.25) is 4.68 Å². The molecule has 0 aliphatic rings. The lowest BCUT2D eigenvalue weighted by Crippen LogP contribution is -2.04. The van der Waals surface area contributed by atoms with Crippen molar-refractivity contribution in [2.45, 2.75) is 25.4 Å². The van der Waals surface area contributed by atoms with Crippen molar-refractivity contribution in [1.29, 1.82) is 0 Å². The summed E-state index contributed by atoms with van der Waals surface area (Å²) in [5.74, 6) is 1.61. The maximum Gasteiger partial charge on any atom is 0.191 e. The van der Waals surface area contributed by atoms with E-state index in [2.05, 4.69) is 32.6 Å². The number of aryl methyl sites for hydroxylation is 2. The van der Waals surface area contributed by atoms with Gasteiger partial charge in [0.15, 0.2) is 5.16 Å². The molecule has 0 atom stereocenters. The van der Waals surface area contributed by atoms with E-state index in [0.717, 1.165) is 41.1 Å². The van der Waals surface area contributed by atoms with Crippen LogP contribution in [-0.2, 0) is 13.5 Å². The molecule has 2 rings (SSSR count). The van der Waals surface area contributed by atoms with E-state index in [1.54, 1.807) is 0 Å². The minimum atomic E-state index is 0.743. The first-order chi connectivity index (χ1) is 9.66. The van der Waals surface area contributed by atoms with Gasteiger partial charge >= 0.3 is 0 Å². The average molecular weight is 292 g/mol. The minimum absolute atomic E-state index is 0.743. The minimum Gasteiger partial charge on any atom is -0.370 e. The molecule has 0 aliphatic heterocycles. The standard InChI is InChI=1S/C13H20N6S/c1-5-9-10(8-19(3)18-9)15-12-7-11(14-6-2)16-13(17-12)20-4/h7-8H,5-6H2,1-4H3,(H2,14,15,16,17). The molecular weight excluding hydrogens is 272 g/mol. The predicted octanol–water partition coefficient (Wildman–Crippen LogP) is 2.67. The van der Waals surface area contributed by atoms with E-state index in [-0.39, 0.29) is 0 Å². The first-order valence-corrected chi connectivity index (χ1v) is 7.85. The normalized spacial score (nSPS) is 10.6. The Morgan fingerprint density at radius 2 is 2.00 bits per heavy atom. The lowest BCUT2D eigenvalue weighted by molar-refractivity contribution is 0.746. The molecule has 0 bridgehead atoms. The van der Waals surface area contributed by atoms with Gasteiger partial charge in [0.2, 0.25) is 0 Å². The molecule has 6 nitrogen and oxygen atoms in total. The molecule has 0 saturated carbocycles. The molecule has 2 N–H and O–H groups in total. The quantitative estimate of drug-likeness (QED) is 0.630. The van der Waals surface area contributed by atoms with E-state index in [1.807, 2.05) is 37.2 Å². The molecule has 7 heteroatoms. The van der Waals surface area contributed by atoms with Crippen LogP contribution >= 0.6 is 11.8 Å². The van der Waals surface area contributed by atoms with Crippen molar-refractivity contribution >= 4 is 29.1 Å². The molecule has 0 radical (unpaired) electrons. The van der Waals surface area contributed by atoms with Gasteiger partial charge in [0.1, 0.15) is 11.6 Å². The Hall–Kier alpha value is -1.76. The third-order valence-corrected chi connectivity index (χ3v) is 3.30. The molecule has 20 heavy (non-hydrogen) atoms. The smallest absolute Gasteiger partial charge is 0.191 e. The SMILES string of the molecule is CCNc1cc(Nc2cn(C)nc2CC)nc(SC)n1. The summed E-state index contributed by atoms with van der Waals surface area (Å²) in [5.41, 5.74) is 2.02. The van der Waals surface area contributed by atoms with Crippen LogP contribution in [0, 0.1) is 0 Å². The highest BCUT2D eigenvalue weighted by Crippen LogP contribution is 2.22. The highest BCUT2D eigenvalue weighted by molar-refractivity contribution is 7.98. The van der Waals surface area contributed by atoms with Crippen molar-refractivity contribution in [3.8, 4) is 0 Å². The van der Waals surface area contributed by atoms with E-state index in [4.69, 9.17) is 0 Å². The molecule has 2 aromatic heterocycles. The Balaban J connectivity index is 2.29. The lowest BCUT2D eigenvalue weighted by atomic mass is 10.3. The van der Waals surface area contributed by atoms with E-state index in [0.29, 0.717) is 0 Å². The number of nitrogens with one attached hydrogen (secondary N) is 2. The number of nitrogens with zero attached hydrogens (tertiary/aromatic N) is 4. The van der Waals surface area contributed by atoms with Gasteiger partial charge in [-0.1, -0.05) is 18.7 Å². The van der Waals surface area contributed by atoms with Gasteiger partial charge in [-0.2, -0.15) is 5.10 Å². The summed E-state index contributed by atoms with van der Waals surface area (Å²) in [7, 11) is 1.92. The fourth-order valence-corrected chi connectivity index (χ4v) is 2.27. The van der Waals surface area contributed by atoms with Crippen LogP contribution in [0.15, 0.2) is 17.4 Å². The Kier molecular flexibility index (Phi) is 4.84. The third-order valence-electron chi connectivity index (χ3n) is 2.75. The van der Waals surface area contributed by atoms with E-state index in [9.17, 15) is 0 Å². The van der Waals surface area contributed by atoms with Crippen molar-refractivity contribution < 1.29 is 0 Å². The van der Waals surface area contributed by atoms with Crippen LogP contribution in [-0.4, -0.2) is 32.5 Å². The summed E-state index contributed by atoms with van der Waals surface area (Å²) in [6, 6.07) is 1.91. The van der Waals surface area contributed by atoms with Crippen molar-refractivity contribution in [3.05, 3.63) is 18.0 Å². The Morgan fingerprint density at radius 3 is 2.65 bits per heavy atom. The van der Waals surface area contributed by atoms with Crippen LogP contribution < -0.4 is 10.6 Å². The number of hydrogen-bond donors (Lipinski definition) is 2. The number of anilines is 3. The van der Waals surface area contributed by atoms with Crippen molar-refractivity contribution in [3.63, 3.8) is 0 Å². The second-order valence-corrected chi connectivity index (χ2v) is 5.07. The summed E-state index contributed by atoms with van der Waals surface area (Å²) in [6.45, 7) is 4.96. The fraction of sp³-hybridized carbons (Fsp3) is 0.462. The molecule has 0 fully saturated rings. The highest BCUT2D eigenvalue weighted by atomic mass is 32.2. The van der Waals surface area contributed by atoms with E-state index in [1.165, 1.54) is 11.8 Å². The second-order valence-electron chi connectivity index (χ2n) is 4.30. The third kappa shape index (κ3) is 3.41. The maximum absolute atomic E-state index is 4.48. The Morgan fingerprint density at radius 1 is 1.25 bits per heavy atom. The van der Waals surface area contributed by atoms with Crippen molar-refractivity contribution in [1.82, 2.24) is 19.7 Å². The largest absolute Gasteiger partial charge is 0.370 e. The van der Waals surface area contributed by atoms with E-state index >= 15 is 0 Å². The number of aromatic nitrogens is 4. The molecule has 0 amide bonds. The molecule has 0 aliphatic carbocycles. The van der Waals surface area contributed by atoms with Gasteiger partial charge in [-0.05, 0) is 19.6 Å². The van der Waals surface area contributed by atoms with Gasteiger partial charge in [-0.25, -0.2) is 9.97 Å². The number of rotatable bonds is 6. The van der Waals surface area contributed by atoms with Gasteiger partial charge < -0.3 is 10.6 Å². The zero-order valence-corrected chi connectivity index (χ0v) is 13.1. The summed E-state index contributed by atoms with van der Waals surface area (Å²) >= 11 is 1.53. The molecule has 2 aromatic rings. The summed E-state index contributed by atoms with van der Waals surface area (Å²) in [4.78, 5) is 8.89. The molecule has 0 unspecified atom stereocenters. The van der Waals surface area contributed by atoms with E-state index < -0.39 is 0 Å². The predicted molar refractivity (Wildman–Crippen MR) is 83.8 cm³/mol. The molecular formula is C13H20N6S. The number of hydrogen-bond acceptors (Lipinski definition) is 6. The molecule has 0 saturated heterocycles. The molecule has 108 valence electrons. The van der Waals surface area contributed by atoms with Crippen molar-refractivity contribution in [2.75, 3.05) is 23.4 Å². The van der Waals surface area contributed by atoms with Crippen LogP contribution in [0.4, 0.5) is 17.3 Å². The number of thioether (sulfide) groups is 1. The first-order valence-electron chi connectivity index (χ1n) is 6.62. The maximum atomic E-state index is 4.48. The topological polar surface area (TPSA) is 67.7 Å². The van der Waals surface area contributed by atoms with Crippen LogP contribution in [0.1, 0.15) is 19.5 Å². The Bertz CT molecular complexity index is 580. The van der Waals surface area contributed by atoms with Gasteiger partial charge in [0.05, 0.1) is 11.4 Å². The summed E-state index contributed by atoms with van der Waals surface area (Å²) in [6.07, 6.45) is 4.81. The summed E-state index contributed by atoms with van der Waals surface area (Å²) in [5, 5.41) is 11.7. The zero-order valence-electron chi connectivity index (χ0n) is 12.3. The highest BCUT2D eigenvalue weighted by Gasteiger charge is 2.09. The molecule has 0 spiro atoms. The van der Waals surface area contributed by atoms with Gasteiger partial charge in [0.25, 0.3) is 0 Å². The fourth-order valence-electron chi connectivity index (χ4n) is 1.89. The van der Waals surface area contributed by atoms with Gasteiger partial charge in [0, 0.05) is 25.9 Å². The van der Waals surface area contributed by atoms with Crippen LogP contribution in [0.5, 0.6) is 0 Å². The van der Waals surface area contributed by atoms with Crippen LogP contribution in [0.3, 0.4) is 0 Å². The first kappa shape index (κ1) is 14.6. The Labute approximate surface area is 123 Å². The van der Waals surface area contributed by atoms with Crippen molar-refractivity contribution in [2.24, 2.45) is 7.05 Å². The van der Waals surface area contributed by atoms with Gasteiger partial charge in [-0.15, -0.1) is 0 Å². The van der Waals surface area contributed by atoms with Crippen LogP contribution in [0.2, 0.25) is 0 Å². The lowest BCUT2D eigenvalue weighted by Gasteiger charge is -2.09. The average Bonchev–Trinajstić information content (AvgIpc) is 2.78. The monoisotopic (exact) mass is 292 g/mol. The van der Waals surface area contributed by atoms with Crippen LogP contribution in [0.25, 0.3) is 0 Å². The zero-order chi connectivity index (χ0) is 14.5. The molecule has 0 aromatic carbocycles. The second kappa shape index (κ2) is 6.60.